The minimum absolute atomic E-state index is 0.104. The van der Waals surface area contributed by atoms with Crippen LogP contribution in [0.4, 0.5) is 5.69 Å². The molecule has 0 spiro atoms. The Morgan fingerprint density at radius 1 is 1.08 bits per heavy atom. The van der Waals surface area contributed by atoms with E-state index in [-0.39, 0.29) is 24.8 Å². The summed E-state index contributed by atoms with van der Waals surface area (Å²) in [6, 6.07) is 13.8. The minimum Gasteiger partial charge on any atom is -0.354 e. The smallest absolute Gasteiger partial charge is 0.242 e. The van der Waals surface area contributed by atoms with Gasteiger partial charge in [0.15, 0.2) is 0 Å². The normalized spacial score (nSPS) is 12.3. The average Bonchev–Trinajstić information content (AvgIpc) is 2.80. The zero-order chi connectivity index (χ0) is 26.9. The zero-order valence-electron chi connectivity index (χ0n) is 21.8. The fraction of sp³-hybridized carbons (Fsp3) is 0.481. The number of nitrogens with one attached hydrogen (secondary N) is 1. The molecule has 198 valence electrons. The number of aryl methyl sites for hydroxylation is 1. The number of benzene rings is 2. The molecule has 2 rings (SSSR count). The van der Waals surface area contributed by atoms with Gasteiger partial charge >= 0.3 is 0 Å². The van der Waals surface area contributed by atoms with E-state index in [1.165, 1.54) is 4.31 Å². The SMILES string of the molecule is CCC(C(=O)NCC(C)C)N(Cc1ccccc1C)C(=O)CCCN(c1cccc(Cl)c1)S(C)(=O)=O. The predicted octanol–water partition coefficient (Wildman–Crippen LogP) is 4.77. The molecule has 1 atom stereocenters. The van der Waals surface area contributed by atoms with E-state index < -0.39 is 16.1 Å². The fourth-order valence-electron chi connectivity index (χ4n) is 3.95. The molecular formula is C27H38ClN3O4S. The molecule has 0 radical (unpaired) electrons. The zero-order valence-corrected chi connectivity index (χ0v) is 23.4. The van der Waals surface area contributed by atoms with Crippen LogP contribution in [0.3, 0.4) is 0 Å². The van der Waals surface area contributed by atoms with Crippen molar-refractivity contribution in [2.24, 2.45) is 5.92 Å². The van der Waals surface area contributed by atoms with Crippen molar-refractivity contribution in [1.82, 2.24) is 10.2 Å². The second-order valence-electron chi connectivity index (χ2n) is 9.43. The van der Waals surface area contributed by atoms with Gasteiger partial charge in [-0.15, -0.1) is 0 Å². The molecule has 2 amide bonds. The highest BCUT2D eigenvalue weighted by Gasteiger charge is 2.29. The summed E-state index contributed by atoms with van der Waals surface area (Å²) in [6.45, 7) is 8.87. The molecule has 0 saturated carbocycles. The number of carbonyl (C=O) groups is 2. The summed E-state index contributed by atoms with van der Waals surface area (Å²) < 4.78 is 26.1. The van der Waals surface area contributed by atoms with Crippen molar-refractivity contribution in [3.05, 3.63) is 64.7 Å². The van der Waals surface area contributed by atoms with Crippen LogP contribution in [0.1, 0.15) is 51.2 Å². The van der Waals surface area contributed by atoms with Crippen LogP contribution in [0, 0.1) is 12.8 Å². The van der Waals surface area contributed by atoms with Gasteiger partial charge in [0.05, 0.1) is 11.9 Å². The van der Waals surface area contributed by atoms with E-state index >= 15 is 0 Å². The van der Waals surface area contributed by atoms with Crippen LogP contribution in [0.15, 0.2) is 48.5 Å². The van der Waals surface area contributed by atoms with Gasteiger partial charge in [0.25, 0.3) is 0 Å². The van der Waals surface area contributed by atoms with E-state index in [2.05, 4.69) is 5.32 Å². The van der Waals surface area contributed by atoms with E-state index in [1.54, 1.807) is 29.2 Å². The molecule has 0 bridgehead atoms. The highest BCUT2D eigenvalue weighted by Crippen LogP contribution is 2.23. The Hall–Kier alpha value is -2.58. The number of nitrogens with zero attached hydrogens (tertiary/aromatic N) is 2. The summed E-state index contributed by atoms with van der Waals surface area (Å²) in [5.41, 5.74) is 2.46. The van der Waals surface area contributed by atoms with E-state index in [1.807, 2.05) is 52.0 Å². The van der Waals surface area contributed by atoms with E-state index in [0.29, 0.717) is 42.6 Å². The predicted molar refractivity (Wildman–Crippen MR) is 147 cm³/mol. The van der Waals surface area contributed by atoms with Gasteiger partial charge in [0.2, 0.25) is 21.8 Å². The summed E-state index contributed by atoms with van der Waals surface area (Å²) in [5.74, 6) is -0.0744. The lowest BCUT2D eigenvalue weighted by Gasteiger charge is -2.31. The van der Waals surface area contributed by atoms with Crippen LogP contribution in [0.25, 0.3) is 0 Å². The van der Waals surface area contributed by atoms with Crippen LogP contribution in [0.2, 0.25) is 5.02 Å². The van der Waals surface area contributed by atoms with E-state index in [4.69, 9.17) is 11.6 Å². The maximum Gasteiger partial charge on any atom is 0.242 e. The molecule has 7 nitrogen and oxygen atoms in total. The maximum atomic E-state index is 13.5. The standard InChI is InChI=1S/C27H38ClN3O4S/c1-6-25(27(33)29-18-20(2)3)30(19-22-12-8-7-11-21(22)4)26(32)15-10-16-31(36(5,34)35)24-14-9-13-23(28)17-24/h7-9,11-14,17,20,25H,6,10,15-16,18-19H2,1-5H3,(H,29,33). The Labute approximate surface area is 220 Å². The number of sulfonamides is 1. The minimum atomic E-state index is -3.57. The molecule has 0 aromatic heterocycles. The van der Waals surface area contributed by atoms with Crippen molar-refractivity contribution >= 4 is 39.1 Å². The molecule has 2 aromatic rings. The molecule has 0 fully saturated rings. The number of halogens is 1. The Bertz CT molecular complexity index is 1140. The first kappa shape index (κ1) is 29.6. The Kier molecular flexibility index (Phi) is 11.2. The number of amides is 2. The largest absolute Gasteiger partial charge is 0.354 e. The molecular weight excluding hydrogens is 498 g/mol. The van der Waals surface area contributed by atoms with Gasteiger partial charge < -0.3 is 10.2 Å². The second kappa shape index (κ2) is 13.7. The number of carbonyl (C=O) groups excluding carboxylic acids is 2. The van der Waals surface area contributed by atoms with Gasteiger partial charge in [0.1, 0.15) is 6.04 Å². The van der Waals surface area contributed by atoms with E-state index in [0.717, 1.165) is 17.4 Å². The van der Waals surface area contributed by atoms with Crippen molar-refractivity contribution in [1.29, 1.82) is 0 Å². The highest BCUT2D eigenvalue weighted by atomic mass is 35.5. The molecule has 1 unspecified atom stereocenters. The van der Waals surface area contributed by atoms with Crippen LogP contribution >= 0.6 is 11.6 Å². The molecule has 0 aliphatic carbocycles. The maximum absolute atomic E-state index is 13.5. The van der Waals surface area contributed by atoms with Crippen molar-refractivity contribution in [2.45, 2.75) is 59.5 Å². The molecule has 36 heavy (non-hydrogen) atoms. The van der Waals surface area contributed by atoms with Gasteiger partial charge in [-0.05, 0) is 55.0 Å². The van der Waals surface area contributed by atoms with Crippen LogP contribution in [0.5, 0.6) is 0 Å². The monoisotopic (exact) mass is 535 g/mol. The summed E-state index contributed by atoms with van der Waals surface area (Å²) in [7, 11) is -3.57. The van der Waals surface area contributed by atoms with E-state index in [9.17, 15) is 18.0 Å². The lowest BCUT2D eigenvalue weighted by Crippen LogP contribution is -2.49. The third-order valence-corrected chi connectivity index (χ3v) is 7.35. The number of hydrogen-bond acceptors (Lipinski definition) is 4. The second-order valence-corrected chi connectivity index (χ2v) is 11.8. The Morgan fingerprint density at radius 3 is 2.36 bits per heavy atom. The summed E-state index contributed by atoms with van der Waals surface area (Å²) in [5, 5.41) is 3.39. The summed E-state index contributed by atoms with van der Waals surface area (Å²) in [6.07, 6.45) is 2.01. The van der Waals surface area contributed by atoms with Gasteiger partial charge in [-0.25, -0.2) is 8.42 Å². The Balaban J connectivity index is 2.22. The third-order valence-electron chi connectivity index (χ3n) is 5.92. The molecule has 0 heterocycles. The molecule has 0 saturated heterocycles. The first-order valence-corrected chi connectivity index (χ1v) is 14.5. The highest BCUT2D eigenvalue weighted by molar-refractivity contribution is 7.92. The lowest BCUT2D eigenvalue weighted by atomic mass is 10.0. The van der Waals surface area contributed by atoms with Gasteiger partial charge in [-0.2, -0.15) is 0 Å². The summed E-state index contributed by atoms with van der Waals surface area (Å²) >= 11 is 6.06. The van der Waals surface area contributed by atoms with Crippen molar-refractivity contribution < 1.29 is 18.0 Å². The number of rotatable bonds is 13. The van der Waals surface area contributed by atoms with Crippen LogP contribution in [-0.4, -0.2) is 50.5 Å². The summed E-state index contributed by atoms with van der Waals surface area (Å²) in [4.78, 5) is 28.1. The molecule has 9 heteroatoms. The van der Waals surface area contributed by atoms with Crippen molar-refractivity contribution in [3.63, 3.8) is 0 Å². The van der Waals surface area contributed by atoms with Crippen molar-refractivity contribution in [3.8, 4) is 0 Å². The molecule has 0 aliphatic heterocycles. The molecule has 0 aliphatic rings. The lowest BCUT2D eigenvalue weighted by molar-refractivity contribution is -0.141. The topological polar surface area (TPSA) is 86.8 Å². The van der Waals surface area contributed by atoms with Gasteiger partial charge in [-0.1, -0.05) is 62.7 Å². The third kappa shape index (κ3) is 8.82. The quantitative estimate of drug-likeness (QED) is 0.400. The first-order chi connectivity index (χ1) is 16.9. The van der Waals surface area contributed by atoms with Crippen LogP contribution < -0.4 is 9.62 Å². The Morgan fingerprint density at radius 2 is 1.78 bits per heavy atom. The molecule has 2 aromatic carbocycles. The average molecular weight is 536 g/mol. The first-order valence-electron chi connectivity index (χ1n) is 12.3. The van der Waals surface area contributed by atoms with Crippen LogP contribution in [-0.2, 0) is 26.2 Å². The fourth-order valence-corrected chi connectivity index (χ4v) is 5.09. The van der Waals surface area contributed by atoms with Gasteiger partial charge in [0, 0.05) is 31.1 Å². The molecule has 1 N–H and O–H groups in total. The van der Waals surface area contributed by atoms with Crippen molar-refractivity contribution in [2.75, 3.05) is 23.7 Å². The number of anilines is 1. The van der Waals surface area contributed by atoms with Gasteiger partial charge in [-0.3, -0.25) is 13.9 Å². The number of hydrogen-bond donors (Lipinski definition) is 1.